The summed E-state index contributed by atoms with van der Waals surface area (Å²) >= 11 is 0. The Hall–Kier alpha value is -0.930. The van der Waals surface area contributed by atoms with Crippen molar-refractivity contribution in [2.45, 2.75) is 31.7 Å². The average molecular weight is 244 g/mol. The highest BCUT2D eigenvalue weighted by Crippen LogP contribution is 2.39. The lowest BCUT2D eigenvalue weighted by molar-refractivity contribution is 0.379. The van der Waals surface area contributed by atoms with E-state index in [9.17, 15) is 10.2 Å². The largest absolute Gasteiger partial charge is 0.504 e. The van der Waals surface area contributed by atoms with Gasteiger partial charge in [0.15, 0.2) is 11.5 Å². The van der Waals surface area contributed by atoms with E-state index in [1.807, 2.05) is 0 Å². The van der Waals surface area contributed by atoms with Crippen molar-refractivity contribution < 1.29 is 10.2 Å². The Labute approximate surface area is 102 Å². The van der Waals surface area contributed by atoms with Gasteiger partial charge in [-0.25, -0.2) is 0 Å². The van der Waals surface area contributed by atoms with Crippen molar-refractivity contribution in [1.82, 2.24) is 0 Å². The molecule has 1 aromatic rings. The van der Waals surface area contributed by atoms with E-state index < -0.39 is 0 Å². The van der Waals surface area contributed by atoms with Crippen LogP contribution in [0.5, 0.6) is 11.5 Å². The van der Waals surface area contributed by atoms with Gasteiger partial charge in [0.25, 0.3) is 0 Å². The minimum Gasteiger partial charge on any atom is -0.504 e. The fourth-order valence-corrected chi connectivity index (χ4v) is 2.39. The first-order valence-electron chi connectivity index (χ1n) is 5.46. The normalized spacial score (nSPS) is 18.1. The molecular formula is C12H18ClNO2. The van der Waals surface area contributed by atoms with E-state index in [0.717, 1.165) is 12.8 Å². The van der Waals surface area contributed by atoms with Gasteiger partial charge in [-0.1, -0.05) is 25.0 Å². The van der Waals surface area contributed by atoms with Crippen LogP contribution in [0, 0.1) is 5.92 Å². The van der Waals surface area contributed by atoms with Gasteiger partial charge in [-0.3, -0.25) is 0 Å². The van der Waals surface area contributed by atoms with E-state index in [-0.39, 0.29) is 29.9 Å². The van der Waals surface area contributed by atoms with Crippen LogP contribution < -0.4 is 5.73 Å². The highest BCUT2D eigenvalue weighted by molar-refractivity contribution is 5.85. The third-order valence-electron chi connectivity index (χ3n) is 3.31. The van der Waals surface area contributed by atoms with Gasteiger partial charge in [-0.2, -0.15) is 0 Å². The second-order valence-corrected chi connectivity index (χ2v) is 4.29. The Balaban J connectivity index is 0.00000128. The van der Waals surface area contributed by atoms with Crippen molar-refractivity contribution in [3.63, 3.8) is 0 Å². The first kappa shape index (κ1) is 13.1. The quantitative estimate of drug-likeness (QED) is 0.700. The Morgan fingerprint density at radius 1 is 1.19 bits per heavy atom. The zero-order chi connectivity index (χ0) is 10.8. The SMILES string of the molecule is Cl.N[C@@H](c1cccc(O)c1O)C1CCCC1. The molecule has 0 aliphatic heterocycles. The summed E-state index contributed by atoms with van der Waals surface area (Å²) < 4.78 is 0. The third kappa shape index (κ3) is 2.42. The van der Waals surface area contributed by atoms with Crippen molar-refractivity contribution >= 4 is 12.4 Å². The number of nitrogens with two attached hydrogens (primary N) is 1. The minimum atomic E-state index is -0.153. The molecule has 0 aromatic heterocycles. The molecule has 1 fully saturated rings. The van der Waals surface area contributed by atoms with Crippen LogP contribution in [0.3, 0.4) is 0 Å². The Kier molecular flexibility index (Phi) is 4.44. The Morgan fingerprint density at radius 2 is 1.81 bits per heavy atom. The fraction of sp³-hybridized carbons (Fsp3) is 0.500. The summed E-state index contributed by atoms with van der Waals surface area (Å²) in [4.78, 5) is 0. The van der Waals surface area contributed by atoms with Crippen molar-refractivity contribution in [3.8, 4) is 11.5 Å². The molecule has 0 unspecified atom stereocenters. The molecule has 1 saturated carbocycles. The summed E-state index contributed by atoms with van der Waals surface area (Å²) in [6.45, 7) is 0. The summed E-state index contributed by atoms with van der Waals surface area (Å²) in [6.07, 6.45) is 4.68. The number of rotatable bonds is 2. The van der Waals surface area contributed by atoms with Gasteiger partial charge in [0.05, 0.1) is 0 Å². The second kappa shape index (κ2) is 5.41. The molecule has 1 aliphatic carbocycles. The van der Waals surface area contributed by atoms with Crippen LogP contribution in [-0.2, 0) is 0 Å². The van der Waals surface area contributed by atoms with Crippen LogP contribution in [0.1, 0.15) is 37.3 Å². The maximum absolute atomic E-state index is 9.70. The molecule has 0 heterocycles. The number of para-hydroxylation sites is 1. The van der Waals surface area contributed by atoms with Crippen LogP contribution in [0.15, 0.2) is 18.2 Å². The van der Waals surface area contributed by atoms with Gasteiger partial charge in [-0.05, 0) is 24.8 Å². The van der Waals surface area contributed by atoms with Gasteiger partial charge in [0.1, 0.15) is 0 Å². The number of phenolic OH excluding ortho intramolecular Hbond substituents is 2. The van der Waals surface area contributed by atoms with Gasteiger partial charge >= 0.3 is 0 Å². The summed E-state index contributed by atoms with van der Waals surface area (Å²) in [5.74, 6) is 0.301. The van der Waals surface area contributed by atoms with Gasteiger partial charge < -0.3 is 15.9 Å². The summed E-state index contributed by atoms with van der Waals surface area (Å²) in [7, 11) is 0. The zero-order valence-electron chi connectivity index (χ0n) is 9.10. The average Bonchev–Trinajstić information content (AvgIpc) is 2.74. The first-order valence-corrected chi connectivity index (χ1v) is 5.46. The molecule has 2 rings (SSSR count). The van der Waals surface area contributed by atoms with Gasteiger partial charge in [-0.15, -0.1) is 12.4 Å². The number of halogens is 1. The molecule has 1 atom stereocenters. The van der Waals surface area contributed by atoms with E-state index >= 15 is 0 Å². The van der Waals surface area contributed by atoms with Crippen molar-refractivity contribution in [3.05, 3.63) is 23.8 Å². The molecule has 1 aromatic carbocycles. The van der Waals surface area contributed by atoms with Crippen LogP contribution in [-0.4, -0.2) is 10.2 Å². The minimum absolute atomic E-state index is 0. The monoisotopic (exact) mass is 243 g/mol. The zero-order valence-corrected chi connectivity index (χ0v) is 9.91. The predicted molar refractivity (Wildman–Crippen MR) is 65.9 cm³/mol. The van der Waals surface area contributed by atoms with E-state index in [4.69, 9.17) is 5.73 Å². The summed E-state index contributed by atoms with van der Waals surface area (Å²) in [5, 5.41) is 19.1. The second-order valence-electron chi connectivity index (χ2n) is 4.29. The molecule has 1 aliphatic rings. The molecule has 4 heteroatoms. The maximum Gasteiger partial charge on any atom is 0.162 e. The van der Waals surface area contributed by atoms with Crippen molar-refractivity contribution in [2.24, 2.45) is 11.7 Å². The molecule has 0 spiro atoms. The fourth-order valence-electron chi connectivity index (χ4n) is 2.39. The van der Waals surface area contributed by atoms with Crippen LogP contribution in [0.25, 0.3) is 0 Å². The number of aromatic hydroxyl groups is 2. The summed E-state index contributed by atoms with van der Waals surface area (Å²) in [5.41, 5.74) is 6.77. The standard InChI is InChI=1S/C12H17NO2.ClH/c13-11(8-4-1-2-5-8)9-6-3-7-10(14)12(9)15;/h3,6-8,11,14-15H,1-2,4-5,13H2;1H/t11-;/m1./s1. The highest BCUT2D eigenvalue weighted by Gasteiger charge is 2.25. The lowest BCUT2D eigenvalue weighted by Gasteiger charge is -2.20. The highest BCUT2D eigenvalue weighted by atomic mass is 35.5. The Bertz CT molecular complexity index is 351. The lowest BCUT2D eigenvalue weighted by Crippen LogP contribution is -2.19. The topological polar surface area (TPSA) is 66.5 Å². The number of hydrogen-bond donors (Lipinski definition) is 3. The van der Waals surface area contributed by atoms with Crippen LogP contribution in [0.4, 0.5) is 0 Å². The number of benzene rings is 1. The molecule has 3 nitrogen and oxygen atoms in total. The molecule has 4 N–H and O–H groups in total. The van der Waals surface area contributed by atoms with E-state index in [1.165, 1.54) is 18.9 Å². The predicted octanol–water partition coefficient (Wildman–Crippen LogP) is 2.71. The van der Waals surface area contributed by atoms with Crippen LogP contribution >= 0.6 is 12.4 Å². The third-order valence-corrected chi connectivity index (χ3v) is 3.31. The summed E-state index contributed by atoms with van der Waals surface area (Å²) in [6, 6.07) is 4.83. The smallest absolute Gasteiger partial charge is 0.162 e. The lowest BCUT2D eigenvalue weighted by atomic mass is 9.92. The van der Waals surface area contributed by atoms with Crippen molar-refractivity contribution in [1.29, 1.82) is 0 Å². The molecule has 16 heavy (non-hydrogen) atoms. The van der Waals surface area contributed by atoms with Crippen molar-refractivity contribution in [2.75, 3.05) is 0 Å². The molecule has 0 radical (unpaired) electrons. The molecular weight excluding hydrogens is 226 g/mol. The first-order chi connectivity index (χ1) is 7.20. The molecule has 0 saturated heterocycles. The van der Waals surface area contributed by atoms with Gasteiger partial charge in [0.2, 0.25) is 0 Å². The molecule has 0 bridgehead atoms. The number of hydrogen-bond acceptors (Lipinski definition) is 3. The maximum atomic E-state index is 9.70. The Morgan fingerprint density at radius 3 is 2.44 bits per heavy atom. The van der Waals surface area contributed by atoms with E-state index in [2.05, 4.69) is 0 Å². The van der Waals surface area contributed by atoms with E-state index in [1.54, 1.807) is 12.1 Å². The van der Waals surface area contributed by atoms with Crippen LogP contribution in [0.2, 0.25) is 0 Å². The van der Waals surface area contributed by atoms with E-state index in [0.29, 0.717) is 11.5 Å². The van der Waals surface area contributed by atoms with Gasteiger partial charge in [0, 0.05) is 11.6 Å². The molecule has 0 amide bonds. The number of phenols is 2. The molecule has 90 valence electrons.